The fraction of sp³-hybridized carbons (Fsp3) is 0.188. The van der Waals surface area contributed by atoms with E-state index in [0.717, 1.165) is 16.5 Å². The molecule has 0 radical (unpaired) electrons. The Bertz CT molecular complexity index is 566. The van der Waals surface area contributed by atoms with E-state index in [1.165, 1.54) is 5.56 Å². The molecule has 0 saturated carbocycles. The third-order valence-electron chi connectivity index (χ3n) is 2.83. The molecule has 0 aromatic heterocycles. The van der Waals surface area contributed by atoms with Crippen molar-refractivity contribution in [3.63, 3.8) is 0 Å². The molecule has 0 fully saturated rings. The average Bonchev–Trinajstić information content (AvgIpc) is 2.41. The maximum absolute atomic E-state index is 9.73. The van der Waals surface area contributed by atoms with Gasteiger partial charge in [-0.05, 0) is 37.1 Å². The van der Waals surface area contributed by atoms with Gasteiger partial charge in [-0.15, -0.1) is 0 Å². The van der Waals surface area contributed by atoms with Crippen LogP contribution in [0.4, 0.5) is 0 Å². The molecular formula is C16H16BrNO. The average molecular weight is 318 g/mol. The van der Waals surface area contributed by atoms with Crippen molar-refractivity contribution < 1.29 is 5.11 Å². The smallest absolute Gasteiger partial charge is 0.124 e. The maximum Gasteiger partial charge on any atom is 0.124 e. The number of halogens is 1. The molecule has 0 heterocycles. The lowest BCUT2D eigenvalue weighted by Gasteiger charge is -2.06. The van der Waals surface area contributed by atoms with Gasteiger partial charge in [0.1, 0.15) is 5.75 Å². The van der Waals surface area contributed by atoms with Crippen LogP contribution in [0.5, 0.6) is 5.75 Å². The molecule has 0 aliphatic rings. The summed E-state index contributed by atoms with van der Waals surface area (Å²) in [4.78, 5) is 4.49. The second kappa shape index (κ2) is 6.53. The molecule has 0 saturated heterocycles. The van der Waals surface area contributed by atoms with Crippen LogP contribution in [0.15, 0.2) is 58.0 Å². The largest absolute Gasteiger partial charge is 0.507 e. The first-order chi connectivity index (χ1) is 9.15. The van der Waals surface area contributed by atoms with E-state index >= 15 is 0 Å². The quantitative estimate of drug-likeness (QED) is 0.842. The number of phenolic OH excluding ortho intramolecular Hbond substituents is 1. The Morgan fingerprint density at radius 1 is 1.21 bits per heavy atom. The minimum absolute atomic E-state index is 0.181. The van der Waals surface area contributed by atoms with Gasteiger partial charge in [-0.2, -0.15) is 0 Å². The van der Waals surface area contributed by atoms with E-state index in [9.17, 15) is 5.11 Å². The van der Waals surface area contributed by atoms with Gasteiger partial charge in [0.15, 0.2) is 0 Å². The van der Waals surface area contributed by atoms with Gasteiger partial charge in [0.05, 0.1) is 6.04 Å². The van der Waals surface area contributed by atoms with Crippen molar-refractivity contribution in [3.05, 3.63) is 64.1 Å². The van der Waals surface area contributed by atoms with Crippen LogP contribution in [0.2, 0.25) is 0 Å². The highest BCUT2D eigenvalue weighted by Crippen LogP contribution is 2.20. The van der Waals surface area contributed by atoms with Crippen molar-refractivity contribution in [1.82, 2.24) is 0 Å². The van der Waals surface area contributed by atoms with Crippen molar-refractivity contribution in [1.29, 1.82) is 0 Å². The van der Waals surface area contributed by atoms with Gasteiger partial charge in [0, 0.05) is 16.3 Å². The van der Waals surface area contributed by atoms with Crippen molar-refractivity contribution in [2.45, 2.75) is 19.4 Å². The molecule has 2 rings (SSSR count). The Hall–Kier alpha value is -1.61. The Morgan fingerprint density at radius 2 is 1.95 bits per heavy atom. The highest BCUT2D eigenvalue weighted by Gasteiger charge is 2.02. The predicted molar refractivity (Wildman–Crippen MR) is 83.0 cm³/mol. The molecule has 2 aromatic rings. The Balaban J connectivity index is 2.04. The van der Waals surface area contributed by atoms with Crippen molar-refractivity contribution in [2.24, 2.45) is 4.99 Å². The van der Waals surface area contributed by atoms with E-state index in [-0.39, 0.29) is 11.8 Å². The third kappa shape index (κ3) is 4.21. The van der Waals surface area contributed by atoms with Crippen LogP contribution in [0.25, 0.3) is 0 Å². The van der Waals surface area contributed by atoms with Gasteiger partial charge in [-0.1, -0.05) is 46.3 Å². The van der Waals surface area contributed by atoms with E-state index in [1.54, 1.807) is 18.3 Å². The molecule has 19 heavy (non-hydrogen) atoms. The summed E-state index contributed by atoms with van der Waals surface area (Å²) in [6, 6.07) is 15.8. The molecule has 0 spiro atoms. The zero-order valence-electron chi connectivity index (χ0n) is 10.8. The van der Waals surface area contributed by atoms with E-state index in [0.29, 0.717) is 0 Å². The number of nitrogens with zero attached hydrogens (tertiary/aromatic N) is 1. The number of benzene rings is 2. The van der Waals surface area contributed by atoms with Gasteiger partial charge < -0.3 is 5.11 Å². The number of phenols is 1. The summed E-state index contributed by atoms with van der Waals surface area (Å²) in [7, 11) is 0. The molecule has 0 aliphatic carbocycles. The lowest BCUT2D eigenvalue weighted by molar-refractivity contribution is 0.474. The highest BCUT2D eigenvalue weighted by molar-refractivity contribution is 9.10. The van der Waals surface area contributed by atoms with Crippen molar-refractivity contribution >= 4 is 22.1 Å². The summed E-state index contributed by atoms with van der Waals surface area (Å²) >= 11 is 3.38. The Kier molecular flexibility index (Phi) is 4.74. The van der Waals surface area contributed by atoms with Crippen LogP contribution in [0.3, 0.4) is 0 Å². The Morgan fingerprint density at radius 3 is 2.68 bits per heavy atom. The van der Waals surface area contributed by atoms with Crippen molar-refractivity contribution in [2.75, 3.05) is 0 Å². The molecular weight excluding hydrogens is 302 g/mol. The van der Waals surface area contributed by atoms with Gasteiger partial charge in [-0.3, -0.25) is 4.99 Å². The summed E-state index contributed by atoms with van der Waals surface area (Å²) < 4.78 is 0.933. The van der Waals surface area contributed by atoms with E-state index in [4.69, 9.17) is 0 Å². The van der Waals surface area contributed by atoms with E-state index in [1.807, 2.05) is 24.3 Å². The third-order valence-corrected chi connectivity index (χ3v) is 3.32. The number of hydrogen-bond acceptors (Lipinski definition) is 2. The summed E-state index contributed by atoms with van der Waals surface area (Å²) in [5.41, 5.74) is 2.00. The monoisotopic (exact) mass is 317 g/mol. The van der Waals surface area contributed by atoms with Gasteiger partial charge in [-0.25, -0.2) is 0 Å². The molecule has 2 aromatic carbocycles. The summed E-state index contributed by atoms with van der Waals surface area (Å²) in [6.45, 7) is 2.07. The number of aliphatic imine (C=N–C) groups is 1. The lowest BCUT2D eigenvalue weighted by Crippen LogP contribution is -2.03. The molecule has 1 atom stereocenters. The minimum atomic E-state index is 0.181. The highest BCUT2D eigenvalue weighted by atomic mass is 79.9. The molecule has 0 bridgehead atoms. The van der Waals surface area contributed by atoms with Crippen LogP contribution in [-0.2, 0) is 6.42 Å². The maximum atomic E-state index is 9.73. The van der Waals surface area contributed by atoms with Crippen LogP contribution < -0.4 is 0 Å². The normalized spacial score (nSPS) is 12.7. The molecule has 3 heteroatoms. The predicted octanol–water partition coefficient (Wildman–Crippen LogP) is 4.20. The molecule has 2 nitrogen and oxygen atoms in total. The topological polar surface area (TPSA) is 32.6 Å². The number of rotatable bonds is 4. The Labute approximate surface area is 122 Å². The fourth-order valence-corrected chi connectivity index (χ4v) is 2.22. The number of aromatic hydroxyl groups is 1. The van der Waals surface area contributed by atoms with E-state index in [2.05, 4.69) is 40.0 Å². The molecule has 0 amide bonds. The summed E-state index contributed by atoms with van der Waals surface area (Å²) in [6.07, 6.45) is 2.62. The van der Waals surface area contributed by atoms with Gasteiger partial charge >= 0.3 is 0 Å². The van der Waals surface area contributed by atoms with Crippen LogP contribution in [0.1, 0.15) is 18.1 Å². The molecule has 98 valence electrons. The fourth-order valence-electron chi connectivity index (χ4n) is 1.84. The summed E-state index contributed by atoms with van der Waals surface area (Å²) in [5.74, 6) is 0.249. The van der Waals surface area contributed by atoms with E-state index < -0.39 is 0 Å². The second-order valence-corrected chi connectivity index (χ2v) is 5.44. The number of hydrogen-bond donors (Lipinski definition) is 1. The first-order valence-corrected chi connectivity index (χ1v) is 7.00. The SMILES string of the molecule is C[C@@H](Cc1ccccc1)N=Cc1cc(Br)ccc1O. The second-order valence-electron chi connectivity index (χ2n) is 4.52. The first kappa shape index (κ1) is 13.8. The molecule has 0 aliphatic heterocycles. The summed E-state index contributed by atoms with van der Waals surface area (Å²) in [5, 5.41) is 9.73. The zero-order valence-corrected chi connectivity index (χ0v) is 12.3. The van der Waals surface area contributed by atoms with Crippen molar-refractivity contribution in [3.8, 4) is 5.75 Å². The van der Waals surface area contributed by atoms with Crippen LogP contribution in [-0.4, -0.2) is 17.4 Å². The zero-order chi connectivity index (χ0) is 13.7. The van der Waals surface area contributed by atoms with Gasteiger partial charge in [0.2, 0.25) is 0 Å². The molecule has 1 N–H and O–H groups in total. The lowest BCUT2D eigenvalue weighted by atomic mass is 10.1. The standard InChI is InChI=1S/C16H16BrNO/c1-12(9-13-5-3-2-4-6-13)18-11-14-10-15(17)7-8-16(14)19/h2-8,10-12,19H,9H2,1H3/t12-/m0/s1. The first-order valence-electron chi connectivity index (χ1n) is 6.21. The van der Waals surface area contributed by atoms with Gasteiger partial charge in [0.25, 0.3) is 0 Å². The van der Waals surface area contributed by atoms with Crippen LogP contribution >= 0.6 is 15.9 Å². The van der Waals surface area contributed by atoms with Crippen LogP contribution in [0, 0.1) is 0 Å². The molecule has 0 unspecified atom stereocenters. The minimum Gasteiger partial charge on any atom is -0.507 e.